The third-order valence-corrected chi connectivity index (χ3v) is 7.30. The molecule has 0 aromatic heterocycles. The molecule has 38 heavy (non-hydrogen) atoms. The predicted molar refractivity (Wildman–Crippen MR) is 147 cm³/mol. The second kappa shape index (κ2) is 11.8. The molecule has 0 atom stereocenters. The highest BCUT2D eigenvalue weighted by molar-refractivity contribution is 9.10. The zero-order valence-electron chi connectivity index (χ0n) is 19.7. The third kappa shape index (κ3) is 6.24. The Morgan fingerprint density at radius 2 is 1.79 bits per heavy atom. The first kappa shape index (κ1) is 27.4. The summed E-state index contributed by atoms with van der Waals surface area (Å²) >= 11 is 10.0. The molecule has 3 aromatic rings. The fourth-order valence-electron chi connectivity index (χ4n) is 3.46. The molecule has 0 N–H and O–H groups in total. The minimum atomic E-state index is -0.577. The van der Waals surface area contributed by atoms with Gasteiger partial charge in [-0.1, -0.05) is 27.5 Å². The molecule has 1 aliphatic rings. The highest BCUT2D eigenvalue weighted by Gasteiger charge is 2.36. The Bertz CT molecular complexity index is 1460. The Labute approximate surface area is 234 Å². The molecule has 1 aliphatic heterocycles. The van der Waals surface area contributed by atoms with Gasteiger partial charge in [0.1, 0.15) is 6.61 Å². The van der Waals surface area contributed by atoms with Crippen LogP contribution in [-0.2, 0) is 11.4 Å². The van der Waals surface area contributed by atoms with Crippen LogP contribution in [0.1, 0.15) is 21.5 Å². The molecule has 1 heterocycles. The number of methoxy groups -OCH3 is 1. The summed E-state index contributed by atoms with van der Waals surface area (Å²) in [4.78, 5) is 49.4. The number of halogens is 2. The average molecular weight is 618 g/mol. The Morgan fingerprint density at radius 3 is 2.42 bits per heavy atom. The topological polar surface area (TPSA) is 116 Å². The van der Waals surface area contributed by atoms with Crippen LogP contribution in [0.2, 0.25) is 5.02 Å². The van der Waals surface area contributed by atoms with Crippen molar-refractivity contribution in [2.45, 2.75) is 6.61 Å². The van der Waals surface area contributed by atoms with Crippen molar-refractivity contribution in [3.63, 3.8) is 0 Å². The molecule has 0 aliphatic carbocycles. The summed E-state index contributed by atoms with van der Waals surface area (Å²) in [7, 11) is 1.46. The minimum absolute atomic E-state index is 0.0165. The molecule has 1 saturated heterocycles. The van der Waals surface area contributed by atoms with Crippen molar-refractivity contribution >= 4 is 68.0 Å². The summed E-state index contributed by atoms with van der Waals surface area (Å²) in [6.07, 6.45) is 1.53. The van der Waals surface area contributed by atoms with Crippen LogP contribution in [-0.4, -0.2) is 40.4 Å². The summed E-state index contributed by atoms with van der Waals surface area (Å²) < 4.78 is 11.8. The molecule has 194 valence electrons. The first-order valence-corrected chi connectivity index (χ1v) is 12.9. The summed E-state index contributed by atoms with van der Waals surface area (Å²) in [6, 6.07) is 15.5. The van der Waals surface area contributed by atoms with E-state index in [0.29, 0.717) is 32.1 Å². The molecule has 12 heteroatoms. The van der Waals surface area contributed by atoms with E-state index in [4.69, 9.17) is 21.1 Å². The van der Waals surface area contributed by atoms with Gasteiger partial charge in [-0.05, 0) is 77.5 Å². The number of carbonyl (C=O) groups excluding carboxylic acids is 3. The highest BCUT2D eigenvalue weighted by atomic mass is 79.9. The maximum absolute atomic E-state index is 12.9. The number of nitrogens with zero attached hydrogens (tertiary/aromatic N) is 2. The number of hydrogen-bond donors (Lipinski definition) is 0. The second-order valence-electron chi connectivity index (χ2n) is 7.93. The number of amides is 2. The zero-order chi connectivity index (χ0) is 27.4. The quantitative estimate of drug-likeness (QED) is 0.115. The number of ether oxygens (including phenoxy) is 2. The Morgan fingerprint density at radius 1 is 1.11 bits per heavy atom. The van der Waals surface area contributed by atoms with E-state index >= 15 is 0 Å². The van der Waals surface area contributed by atoms with Crippen molar-refractivity contribution in [2.75, 3.05) is 13.7 Å². The lowest BCUT2D eigenvalue weighted by Gasteiger charge is -2.13. The van der Waals surface area contributed by atoms with Gasteiger partial charge in [0.15, 0.2) is 17.3 Å². The van der Waals surface area contributed by atoms with E-state index in [1.165, 1.54) is 37.5 Å². The Kier molecular flexibility index (Phi) is 8.50. The van der Waals surface area contributed by atoms with Gasteiger partial charge < -0.3 is 9.47 Å². The van der Waals surface area contributed by atoms with E-state index in [-0.39, 0.29) is 29.5 Å². The van der Waals surface area contributed by atoms with Crippen molar-refractivity contribution in [1.29, 1.82) is 0 Å². The standard InChI is InChI=1S/C26H18BrClN2O7S/c1-36-22-10-17(20(27)12-23(22)37-14-15-2-8-19(9-3-15)30(34)35)11-24-25(32)29(26(33)38-24)13-21(31)16-4-6-18(28)7-5-16/h2-12H,13-14H2,1H3/b24-11+. The molecular formula is C26H18BrClN2O7S. The maximum Gasteiger partial charge on any atom is 0.293 e. The van der Waals surface area contributed by atoms with Gasteiger partial charge in [-0.15, -0.1) is 0 Å². The van der Waals surface area contributed by atoms with Crippen molar-refractivity contribution in [1.82, 2.24) is 4.90 Å². The normalized spacial score (nSPS) is 14.2. The number of hydrogen-bond acceptors (Lipinski definition) is 8. The lowest BCUT2D eigenvalue weighted by Crippen LogP contribution is -2.33. The van der Waals surface area contributed by atoms with Gasteiger partial charge in [-0.25, -0.2) is 0 Å². The highest BCUT2D eigenvalue weighted by Crippen LogP contribution is 2.38. The van der Waals surface area contributed by atoms with Gasteiger partial charge >= 0.3 is 0 Å². The average Bonchev–Trinajstić information content (AvgIpc) is 3.16. The maximum atomic E-state index is 12.9. The number of thioether (sulfide) groups is 1. The van der Waals surface area contributed by atoms with Crippen LogP contribution in [0.25, 0.3) is 6.08 Å². The number of carbonyl (C=O) groups is 3. The molecule has 0 unspecified atom stereocenters. The van der Waals surface area contributed by atoms with Gasteiger partial charge in [0.25, 0.3) is 16.8 Å². The van der Waals surface area contributed by atoms with Crippen LogP contribution in [0.3, 0.4) is 0 Å². The zero-order valence-corrected chi connectivity index (χ0v) is 22.8. The van der Waals surface area contributed by atoms with E-state index in [1.54, 1.807) is 36.4 Å². The Balaban J connectivity index is 1.49. The van der Waals surface area contributed by atoms with Gasteiger partial charge in [0.2, 0.25) is 0 Å². The predicted octanol–water partition coefficient (Wildman–Crippen LogP) is 6.52. The minimum Gasteiger partial charge on any atom is -0.493 e. The SMILES string of the molecule is COc1cc(/C=C2/SC(=O)N(CC(=O)c3ccc(Cl)cc3)C2=O)c(Br)cc1OCc1ccc([N+](=O)[O-])cc1. The van der Waals surface area contributed by atoms with Crippen LogP contribution >= 0.6 is 39.3 Å². The van der Waals surface area contributed by atoms with E-state index < -0.39 is 16.1 Å². The van der Waals surface area contributed by atoms with E-state index in [1.807, 2.05) is 0 Å². The third-order valence-electron chi connectivity index (χ3n) is 5.45. The lowest BCUT2D eigenvalue weighted by molar-refractivity contribution is -0.384. The monoisotopic (exact) mass is 616 g/mol. The van der Waals surface area contributed by atoms with Crippen LogP contribution < -0.4 is 9.47 Å². The number of nitro benzene ring substituents is 1. The van der Waals surface area contributed by atoms with Crippen LogP contribution in [0.5, 0.6) is 11.5 Å². The fraction of sp³-hybridized carbons (Fsp3) is 0.115. The number of ketones is 1. The van der Waals surface area contributed by atoms with Crippen molar-refractivity contribution in [3.8, 4) is 11.5 Å². The molecule has 4 rings (SSSR count). The van der Waals surface area contributed by atoms with Gasteiger partial charge in [-0.3, -0.25) is 29.4 Å². The van der Waals surface area contributed by atoms with Gasteiger partial charge in [0.05, 0.1) is 23.5 Å². The number of imide groups is 1. The van der Waals surface area contributed by atoms with Crippen LogP contribution in [0.15, 0.2) is 70.0 Å². The largest absolute Gasteiger partial charge is 0.493 e. The number of Topliss-reactive ketones (excluding diaryl/α,β-unsaturated/α-hetero) is 1. The molecular weight excluding hydrogens is 600 g/mol. The fourth-order valence-corrected chi connectivity index (χ4v) is 4.85. The number of rotatable bonds is 9. The summed E-state index contributed by atoms with van der Waals surface area (Å²) in [5.41, 5.74) is 1.60. The van der Waals surface area contributed by atoms with Gasteiger partial charge in [-0.2, -0.15) is 0 Å². The van der Waals surface area contributed by atoms with Crippen molar-refractivity contribution in [2.24, 2.45) is 0 Å². The number of benzene rings is 3. The molecule has 1 fully saturated rings. The Hall–Kier alpha value is -3.67. The van der Waals surface area contributed by atoms with E-state index in [2.05, 4.69) is 15.9 Å². The lowest BCUT2D eigenvalue weighted by atomic mass is 10.1. The van der Waals surface area contributed by atoms with Gasteiger partial charge in [0, 0.05) is 27.2 Å². The molecule has 3 aromatic carbocycles. The molecule has 9 nitrogen and oxygen atoms in total. The van der Waals surface area contributed by atoms with Crippen molar-refractivity contribution in [3.05, 3.63) is 102 Å². The second-order valence-corrected chi connectivity index (χ2v) is 10.2. The molecule has 0 bridgehead atoms. The van der Waals surface area contributed by atoms with E-state index in [9.17, 15) is 24.5 Å². The van der Waals surface area contributed by atoms with Crippen LogP contribution in [0.4, 0.5) is 10.5 Å². The first-order valence-electron chi connectivity index (χ1n) is 10.9. The van der Waals surface area contributed by atoms with Crippen LogP contribution in [0, 0.1) is 10.1 Å². The van der Waals surface area contributed by atoms with Crippen molar-refractivity contribution < 1.29 is 28.8 Å². The number of nitro groups is 1. The smallest absolute Gasteiger partial charge is 0.293 e. The summed E-state index contributed by atoms with van der Waals surface area (Å²) in [5, 5.41) is 10.8. The molecule has 0 saturated carbocycles. The molecule has 2 amide bonds. The summed E-state index contributed by atoms with van der Waals surface area (Å²) in [6.45, 7) is -0.246. The van der Waals surface area contributed by atoms with E-state index in [0.717, 1.165) is 22.2 Å². The summed E-state index contributed by atoms with van der Waals surface area (Å²) in [5.74, 6) is -0.190. The first-order chi connectivity index (χ1) is 18.2. The number of non-ortho nitro benzene ring substituents is 1. The molecule has 0 spiro atoms. The molecule has 0 radical (unpaired) electrons.